The summed E-state index contributed by atoms with van der Waals surface area (Å²) in [5.74, 6) is 0. The van der Waals surface area contributed by atoms with Crippen LogP contribution < -0.4 is 4.72 Å². The van der Waals surface area contributed by atoms with Gasteiger partial charge in [-0.1, -0.05) is 36.4 Å². The Kier molecular flexibility index (Phi) is 3.28. The zero-order chi connectivity index (χ0) is 15.9. The Morgan fingerprint density at radius 3 is 2.43 bits per heavy atom. The van der Waals surface area contributed by atoms with Gasteiger partial charge in [0, 0.05) is 29.1 Å². The summed E-state index contributed by atoms with van der Waals surface area (Å²) in [7, 11) is -3.46. The lowest BCUT2D eigenvalue weighted by molar-refractivity contribution is 0.568. The van der Waals surface area contributed by atoms with Gasteiger partial charge in [-0.05, 0) is 36.6 Å². The molecule has 23 heavy (non-hydrogen) atoms. The fourth-order valence-corrected chi connectivity index (χ4v) is 4.27. The van der Waals surface area contributed by atoms with Crippen molar-refractivity contribution in [2.24, 2.45) is 0 Å². The SMILES string of the molecule is O=S(=O)(NCC1(c2c[nH]c3ccccc23)CC1)c1ccccc1. The van der Waals surface area contributed by atoms with Crippen LogP contribution in [0.25, 0.3) is 10.9 Å². The van der Waals surface area contributed by atoms with Crippen molar-refractivity contribution in [3.8, 4) is 0 Å². The Hall–Kier alpha value is -2.11. The number of hydrogen-bond donors (Lipinski definition) is 2. The van der Waals surface area contributed by atoms with Gasteiger partial charge in [-0.2, -0.15) is 0 Å². The van der Waals surface area contributed by atoms with E-state index in [4.69, 9.17) is 0 Å². The van der Waals surface area contributed by atoms with Crippen molar-refractivity contribution in [2.75, 3.05) is 6.54 Å². The van der Waals surface area contributed by atoms with Crippen molar-refractivity contribution in [3.05, 3.63) is 66.4 Å². The number of hydrogen-bond acceptors (Lipinski definition) is 2. The van der Waals surface area contributed by atoms with Crippen molar-refractivity contribution in [1.82, 2.24) is 9.71 Å². The summed E-state index contributed by atoms with van der Waals surface area (Å²) in [5.41, 5.74) is 2.23. The Balaban J connectivity index is 1.60. The van der Waals surface area contributed by atoms with Crippen LogP contribution in [0.3, 0.4) is 0 Å². The number of aromatic nitrogens is 1. The van der Waals surface area contributed by atoms with E-state index in [0.717, 1.165) is 18.4 Å². The van der Waals surface area contributed by atoms with Crippen molar-refractivity contribution < 1.29 is 8.42 Å². The minimum absolute atomic E-state index is 0.0819. The summed E-state index contributed by atoms with van der Waals surface area (Å²) in [6.45, 7) is 0.437. The second-order valence-corrected chi connectivity index (χ2v) is 7.93. The summed E-state index contributed by atoms with van der Waals surface area (Å²) in [6, 6.07) is 16.7. The molecule has 2 aromatic carbocycles. The standard InChI is InChI=1S/C18H18N2O2S/c21-23(22,14-6-2-1-3-7-14)20-13-18(10-11-18)16-12-19-17-9-5-4-8-15(16)17/h1-9,12,19-20H,10-11,13H2. The third-order valence-corrected chi connectivity index (χ3v) is 6.09. The van der Waals surface area contributed by atoms with E-state index in [1.54, 1.807) is 24.3 Å². The van der Waals surface area contributed by atoms with E-state index in [1.807, 2.05) is 30.5 Å². The van der Waals surface area contributed by atoms with Crippen LogP contribution in [0.15, 0.2) is 65.7 Å². The third kappa shape index (κ3) is 2.56. The molecule has 4 rings (SSSR count). The number of fused-ring (bicyclic) bond motifs is 1. The van der Waals surface area contributed by atoms with Gasteiger partial charge in [0.15, 0.2) is 0 Å². The van der Waals surface area contributed by atoms with Crippen LogP contribution in [0.4, 0.5) is 0 Å². The van der Waals surface area contributed by atoms with E-state index in [9.17, 15) is 8.42 Å². The molecule has 5 heteroatoms. The van der Waals surface area contributed by atoms with E-state index in [0.29, 0.717) is 11.4 Å². The van der Waals surface area contributed by atoms with Gasteiger partial charge in [-0.3, -0.25) is 0 Å². The molecule has 1 saturated carbocycles. The number of benzene rings is 2. The van der Waals surface area contributed by atoms with Gasteiger partial charge in [-0.15, -0.1) is 0 Å². The molecule has 1 aromatic heterocycles. The average Bonchev–Trinajstić information content (AvgIpc) is 3.25. The van der Waals surface area contributed by atoms with Crippen LogP contribution in [0.2, 0.25) is 0 Å². The minimum atomic E-state index is -3.46. The molecule has 0 spiro atoms. The van der Waals surface area contributed by atoms with Gasteiger partial charge in [-0.25, -0.2) is 13.1 Å². The van der Waals surface area contributed by atoms with E-state index >= 15 is 0 Å². The van der Waals surface area contributed by atoms with E-state index in [-0.39, 0.29) is 5.41 Å². The Morgan fingerprint density at radius 1 is 1.00 bits per heavy atom. The molecule has 1 aliphatic rings. The van der Waals surface area contributed by atoms with Crippen LogP contribution in [-0.2, 0) is 15.4 Å². The molecule has 1 fully saturated rings. The molecule has 1 aliphatic carbocycles. The topological polar surface area (TPSA) is 62.0 Å². The summed E-state index contributed by atoms with van der Waals surface area (Å²) < 4.78 is 27.6. The number of rotatable bonds is 5. The quantitative estimate of drug-likeness (QED) is 0.756. The molecule has 4 nitrogen and oxygen atoms in total. The summed E-state index contributed by atoms with van der Waals surface area (Å²) >= 11 is 0. The molecular weight excluding hydrogens is 308 g/mol. The molecule has 0 aliphatic heterocycles. The van der Waals surface area contributed by atoms with Crippen molar-refractivity contribution in [2.45, 2.75) is 23.2 Å². The van der Waals surface area contributed by atoms with Gasteiger partial charge >= 0.3 is 0 Å². The number of para-hydroxylation sites is 1. The number of H-pyrrole nitrogens is 1. The van der Waals surface area contributed by atoms with Crippen molar-refractivity contribution in [3.63, 3.8) is 0 Å². The van der Waals surface area contributed by atoms with Crippen molar-refractivity contribution in [1.29, 1.82) is 0 Å². The molecule has 0 amide bonds. The van der Waals surface area contributed by atoms with Gasteiger partial charge in [0.2, 0.25) is 10.0 Å². The van der Waals surface area contributed by atoms with Gasteiger partial charge in [0.1, 0.15) is 0 Å². The second kappa shape index (κ2) is 5.22. The Bertz CT molecular complexity index is 941. The largest absolute Gasteiger partial charge is 0.361 e. The first-order valence-corrected chi connectivity index (χ1v) is 9.20. The zero-order valence-corrected chi connectivity index (χ0v) is 13.4. The van der Waals surface area contributed by atoms with Crippen LogP contribution in [0.5, 0.6) is 0 Å². The highest BCUT2D eigenvalue weighted by molar-refractivity contribution is 7.89. The second-order valence-electron chi connectivity index (χ2n) is 6.17. The number of nitrogens with one attached hydrogen (secondary N) is 2. The van der Waals surface area contributed by atoms with E-state index in [2.05, 4.69) is 15.8 Å². The molecule has 1 heterocycles. The predicted molar refractivity (Wildman–Crippen MR) is 90.8 cm³/mol. The maximum absolute atomic E-state index is 12.4. The summed E-state index contributed by atoms with van der Waals surface area (Å²) in [5, 5.41) is 1.18. The fourth-order valence-electron chi connectivity index (χ4n) is 3.12. The molecule has 118 valence electrons. The lowest BCUT2D eigenvalue weighted by Crippen LogP contribution is -2.32. The summed E-state index contributed by atoms with van der Waals surface area (Å²) in [4.78, 5) is 3.60. The third-order valence-electron chi connectivity index (χ3n) is 4.67. The van der Waals surface area contributed by atoms with Crippen LogP contribution in [0.1, 0.15) is 18.4 Å². The maximum Gasteiger partial charge on any atom is 0.240 e. The first kappa shape index (κ1) is 14.5. The minimum Gasteiger partial charge on any atom is -0.361 e. The number of aromatic amines is 1. The van der Waals surface area contributed by atoms with Crippen LogP contribution in [-0.4, -0.2) is 19.9 Å². The lowest BCUT2D eigenvalue weighted by atomic mass is 9.96. The maximum atomic E-state index is 12.4. The van der Waals surface area contributed by atoms with Gasteiger partial charge in [0.05, 0.1) is 4.90 Å². The lowest BCUT2D eigenvalue weighted by Gasteiger charge is -2.16. The van der Waals surface area contributed by atoms with Crippen molar-refractivity contribution >= 4 is 20.9 Å². The molecule has 0 atom stereocenters. The molecular formula is C18H18N2O2S. The number of sulfonamides is 1. The highest BCUT2D eigenvalue weighted by atomic mass is 32.2. The molecule has 0 saturated heterocycles. The van der Waals surface area contributed by atoms with Crippen LogP contribution >= 0.6 is 0 Å². The average molecular weight is 326 g/mol. The monoisotopic (exact) mass is 326 g/mol. The van der Waals surface area contributed by atoms with Gasteiger partial charge in [0.25, 0.3) is 0 Å². The highest BCUT2D eigenvalue weighted by Gasteiger charge is 2.46. The molecule has 0 unspecified atom stereocenters. The molecule has 3 aromatic rings. The first-order valence-electron chi connectivity index (χ1n) is 7.72. The Labute approximate surface area is 135 Å². The molecule has 2 N–H and O–H groups in total. The highest BCUT2D eigenvalue weighted by Crippen LogP contribution is 2.50. The smallest absolute Gasteiger partial charge is 0.240 e. The first-order chi connectivity index (χ1) is 11.1. The Morgan fingerprint density at radius 2 is 1.70 bits per heavy atom. The normalized spacial score (nSPS) is 16.5. The fraction of sp³-hybridized carbons (Fsp3) is 0.222. The summed E-state index contributed by atoms with van der Waals surface area (Å²) in [6.07, 6.45) is 4.03. The van der Waals surface area contributed by atoms with E-state index < -0.39 is 10.0 Å². The van der Waals surface area contributed by atoms with Crippen LogP contribution in [0, 0.1) is 0 Å². The zero-order valence-electron chi connectivity index (χ0n) is 12.6. The van der Waals surface area contributed by atoms with E-state index in [1.165, 1.54) is 10.9 Å². The molecule has 0 bridgehead atoms. The predicted octanol–water partition coefficient (Wildman–Crippen LogP) is 3.18. The molecule has 0 radical (unpaired) electrons. The van der Waals surface area contributed by atoms with Gasteiger partial charge < -0.3 is 4.98 Å².